The predicted molar refractivity (Wildman–Crippen MR) is 67.7 cm³/mol. The molecule has 0 aliphatic rings. The molecule has 0 aliphatic heterocycles. The van der Waals surface area contributed by atoms with Crippen molar-refractivity contribution in [2.45, 2.75) is 19.4 Å². The maximum atomic E-state index is 11.7. The molecule has 1 rings (SSSR count). The minimum atomic E-state index is -3.12. The van der Waals surface area contributed by atoms with Crippen LogP contribution in [0, 0.1) is 6.92 Å². The van der Waals surface area contributed by atoms with Gasteiger partial charge in [-0.1, -0.05) is 0 Å². The van der Waals surface area contributed by atoms with Crippen molar-refractivity contribution in [3.63, 3.8) is 0 Å². The van der Waals surface area contributed by atoms with Gasteiger partial charge in [-0.3, -0.25) is 4.79 Å². The molecule has 18 heavy (non-hydrogen) atoms. The van der Waals surface area contributed by atoms with E-state index >= 15 is 0 Å². The molecule has 3 N–H and O–H groups in total. The van der Waals surface area contributed by atoms with Gasteiger partial charge in [0.1, 0.15) is 16.2 Å². The minimum Gasteiger partial charge on any atom is -0.322 e. The summed E-state index contributed by atoms with van der Waals surface area (Å²) < 4.78 is 21.9. The second-order valence-electron chi connectivity index (χ2n) is 4.04. The van der Waals surface area contributed by atoms with Gasteiger partial charge in [0.2, 0.25) is 5.91 Å². The fraction of sp³-hybridized carbons (Fsp3) is 0.500. The number of nitrogens with zero attached hydrogens (tertiary/aromatic N) is 2. The highest BCUT2D eigenvalue weighted by Gasteiger charge is 2.16. The molecule has 0 saturated heterocycles. The number of carbonyl (C=O) groups is 1. The summed E-state index contributed by atoms with van der Waals surface area (Å²) >= 11 is 0. The lowest BCUT2D eigenvalue weighted by Gasteiger charge is -2.12. The smallest absolute Gasteiger partial charge is 0.241 e. The van der Waals surface area contributed by atoms with Crippen LogP contribution in [0.1, 0.15) is 12.1 Å². The molecule has 0 unspecified atom stereocenters. The Morgan fingerprint density at radius 1 is 1.56 bits per heavy atom. The summed E-state index contributed by atoms with van der Waals surface area (Å²) in [6.45, 7) is 1.72. The van der Waals surface area contributed by atoms with Gasteiger partial charge < -0.3 is 11.1 Å². The Morgan fingerprint density at radius 3 is 2.78 bits per heavy atom. The van der Waals surface area contributed by atoms with Crippen LogP contribution in [0.25, 0.3) is 0 Å². The predicted octanol–water partition coefficient (Wildman–Crippen LogP) is -0.514. The lowest BCUT2D eigenvalue weighted by molar-refractivity contribution is -0.117. The third-order valence-corrected chi connectivity index (χ3v) is 3.28. The summed E-state index contributed by atoms with van der Waals surface area (Å²) in [6, 6.07) is -0.876. The van der Waals surface area contributed by atoms with Gasteiger partial charge in [-0.2, -0.15) is 0 Å². The van der Waals surface area contributed by atoms with Crippen molar-refractivity contribution < 1.29 is 13.2 Å². The SMILES string of the molecule is Cc1ncncc1NC(=O)[C@@H](N)CCS(C)(=O)=O. The number of nitrogens with two attached hydrogens (primary N) is 1. The van der Waals surface area contributed by atoms with Crippen molar-refractivity contribution in [3.05, 3.63) is 18.2 Å². The van der Waals surface area contributed by atoms with Gasteiger partial charge in [0.15, 0.2) is 0 Å². The first-order valence-electron chi connectivity index (χ1n) is 5.30. The number of sulfone groups is 1. The van der Waals surface area contributed by atoms with E-state index in [-0.39, 0.29) is 12.2 Å². The van der Waals surface area contributed by atoms with Crippen molar-refractivity contribution in [2.24, 2.45) is 5.73 Å². The maximum absolute atomic E-state index is 11.7. The summed E-state index contributed by atoms with van der Waals surface area (Å²) in [6.07, 6.45) is 4.02. The zero-order valence-corrected chi connectivity index (χ0v) is 11.1. The van der Waals surface area contributed by atoms with Gasteiger partial charge in [0.05, 0.1) is 29.4 Å². The number of anilines is 1. The summed E-state index contributed by atoms with van der Waals surface area (Å²) in [4.78, 5) is 19.4. The number of hydrogen-bond acceptors (Lipinski definition) is 6. The van der Waals surface area contributed by atoms with E-state index in [9.17, 15) is 13.2 Å². The second-order valence-corrected chi connectivity index (χ2v) is 6.30. The fourth-order valence-corrected chi connectivity index (χ4v) is 1.89. The minimum absolute atomic E-state index is 0.0808. The van der Waals surface area contributed by atoms with Crippen molar-refractivity contribution in [2.75, 3.05) is 17.3 Å². The third-order valence-electron chi connectivity index (χ3n) is 2.31. The highest BCUT2D eigenvalue weighted by atomic mass is 32.2. The maximum Gasteiger partial charge on any atom is 0.241 e. The van der Waals surface area contributed by atoms with E-state index in [1.54, 1.807) is 6.92 Å². The Balaban J connectivity index is 2.58. The molecule has 1 aromatic heterocycles. The Morgan fingerprint density at radius 2 is 2.22 bits per heavy atom. The lowest BCUT2D eigenvalue weighted by Crippen LogP contribution is -2.37. The van der Waals surface area contributed by atoms with Crippen LogP contribution in [0.5, 0.6) is 0 Å². The van der Waals surface area contributed by atoms with E-state index < -0.39 is 21.8 Å². The number of aryl methyl sites for hydroxylation is 1. The van der Waals surface area contributed by atoms with Crippen LogP contribution in [-0.4, -0.2) is 42.3 Å². The summed E-state index contributed by atoms with van der Waals surface area (Å²) in [7, 11) is -3.12. The lowest BCUT2D eigenvalue weighted by atomic mass is 10.2. The quantitative estimate of drug-likeness (QED) is 0.745. The van der Waals surface area contributed by atoms with Gasteiger partial charge in [-0.25, -0.2) is 18.4 Å². The average molecular weight is 272 g/mol. The number of aromatic nitrogens is 2. The highest BCUT2D eigenvalue weighted by Crippen LogP contribution is 2.09. The highest BCUT2D eigenvalue weighted by molar-refractivity contribution is 7.90. The molecule has 0 fully saturated rings. The fourth-order valence-electron chi connectivity index (χ4n) is 1.21. The number of rotatable bonds is 5. The van der Waals surface area contributed by atoms with Gasteiger partial charge in [0, 0.05) is 6.26 Å². The average Bonchev–Trinajstić information content (AvgIpc) is 2.28. The first-order valence-corrected chi connectivity index (χ1v) is 7.36. The zero-order valence-electron chi connectivity index (χ0n) is 10.3. The molecule has 0 saturated carbocycles. The van der Waals surface area contributed by atoms with Crippen LogP contribution in [-0.2, 0) is 14.6 Å². The van der Waals surface area contributed by atoms with E-state index in [1.807, 2.05) is 0 Å². The van der Waals surface area contributed by atoms with Crippen LogP contribution >= 0.6 is 0 Å². The summed E-state index contributed by atoms with van der Waals surface area (Å²) in [5.74, 6) is -0.567. The topological polar surface area (TPSA) is 115 Å². The Hall–Kier alpha value is -1.54. The molecule has 1 heterocycles. The largest absolute Gasteiger partial charge is 0.322 e. The molecule has 0 aromatic carbocycles. The molecule has 1 aromatic rings. The number of hydrogen-bond donors (Lipinski definition) is 2. The molecule has 1 atom stereocenters. The van der Waals surface area contributed by atoms with Gasteiger partial charge >= 0.3 is 0 Å². The van der Waals surface area contributed by atoms with Crippen LogP contribution in [0.15, 0.2) is 12.5 Å². The number of carbonyl (C=O) groups excluding carboxylic acids is 1. The first-order chi connectivity index (χ1) is 8.29. The van der Waals surface area contributed by atoms with E-state index in [2.05, 4.69) is 15.3 Å². The van der Waals surface area contributed by atoms with E-state index in [0.29, 0.717) is 11.4 Å². The zero-order chi connectivity index (χ0) is 13.8. The second kappa shape index (κ2) is 5.87. The monoisotopic (exact) mass is 272 g/mol. The number of amides is 1. The van der Waals surface area contributed by atoms with Crippen LogP contribution in [0.4, 0.5) is 5.69 Å². The standard InChI is InChI=1S/C10H16N4O3S/c1-7-9(5-12-6-13-7)14-10(15)8(11)3-4-18(2,16)17/h5-6,8H,3-4,11H2,1-2H3,(H,14,15)/t8-/m0/s1. The van der Waals surface area contributed by atoms with Crippen molar-refractivity contribution in [1.29, 1.82) is 0 Å². The summed E-state index contributed by atoms with van der Waals surface area (Å²) in [5.41, 5.74) is 6.69. The van der Waals surface area contributed by atoms with E-state index in [1.165, 1.54) is 12.5 Å². The molecule has 1 amide bonds. The molecule has 0 bridgehead atoms. The van der Waals surface area contributed by atoms with Crippen LogP contribution < -0.4 is 11.1 Å². The number of nitrogens with one attached hydrogen (secondary N) is 1. The van der Waals surface area contributed by atoms with Crippen molar-refractivity contribution in [3.8, 4) is 0 Å². The Kier molecular flexibility index (Phi) is 4.74. The molecule has 100 valence electrons. The molecular formula is C10H16N4O3S. The summed E-state index contributed by atoms with van der Waals surface area (Å²) in [5, 5.41) is 2.56. The van der Waals surface area contributed by atoms with Crippen molar-refractivity contribution in [1.82, 2.24) is 9.97 Å². The molecular weight excluding hydrogens is 256 g/mol. The first kappa shape index (κ1) is 14.5. The van der Waals surface area contributed by atoms with Gasteiger partial charge in [-0.15, -0.1) is 0 Å². The van der Waals surface area contributed by atoms with Gasteiger partial charge in [0.25, 0.3) is 0 Å². The molecule has 0 aliphatic carbocycles. The Labute approximate surface area is 106 Å². The normalized spacial score (nSPS) is 13.1. The van der Waals surface area contributed by atoms with Crippen molar-refractivity contribution >= 4 is 21.4 Å². The van der Waals surface area contributed by atoms with Crippen LogP contribution in [0.3, 0.4) is 0 Å². The molecule has 0 spiro atoms. The molecule has 0 radical (unpaired) electrons. The molecule has 7 nitrogen and oxygen atoms in total. The Bertz CT molecular complexity index is 530. The van der Waals surface area contributed by atoms with Crippen LogP contribution in [0.2, 0.25) is 0 Å². The van der Waals surface area contributed by atoms with E-state index in [0.717, 1.165) is 6.26 Å². The van der Waals surface area contributed by atoms with Gasteiger partial charge in [-0.05, 0) is 13.3 Å². The van der Waals surface area contributed by atoms with E-state index in [4.69, 9.17) is 5.73 Å². The third kappa shape index (κ3) is 4.76. The molecule has 8 heteroatoms.